The van der Waals surface area contributed by atoms with Crippen molar-refractivity contribution in [2.24, 2.45) is 35.5 Å². The van der Waals surface area contributed by atoms with Gasteiger partial charge in [0.1, 0.15) is 5.75 Å². The van der Waals surface area contributed by atoms with Gasteiger partial charge in [-0.25, -0.2) is 4.39 Å². The van der Waals surface area contributed by atoms with Gasteiger partial charge in [-0.3, -0.25) is 4.79 Å². The van der Waals surface area contributed by atoms with E-state index in [-0.39, 0.29) is 17.6 Å². The molecular weight excluding hydrogens is 415 g/mol. The number of fused-ring (bicyclic) bond motifs is 1. The summed E-state index contributed by atoms with van der Waals surface area (Å²) in [7, 11) is 1.49. The Hall–Kier alpha value is -1.58. The van der Waals surface area contributed by atoms with Crippen LogP contribution in [0.5, 0.6) is 11.5 Å². The van der Waals surface area contributed by atoms with Crippen LogP contribution in [0.15, 0.2) is 18.2 Å². The van der Waals surface area contributed by atoms with Crippen LogP contribution in [0.25, 0.3) is 0 Å². The largest absolute Gasteiger partial charge is 0.497 e. The Morgan fingerprint density at radius 1 is 0.909 bits per heavy atom. The van der Waals surface area contributed by atoms with Crippen molar-refractivity contribution in [2.45, 2.75) is 96.8 Å². The second-order valence-electron chi connectivity index (χ2n) is 11.1. The van der Waals surface area contributed by atoms with E-state index in [0.29, 0.717) is 5.75 Å². The van der Waals surface area contributed by atoms with Crippen LogP contribution in [0.4, 0.5) is 4.39 Å². The van der Waals surface area contributed by atoms with Crippen molar-refractivity contribution >= 4 is 5.97 Å². The number of carbonyl (C=O) groups is 1. The number of halogens is 1. The first-order chi connectivity index (χ1) is 16.1. The molecule has 1 aromatic carbocycles. The lowest BCUT2D eigenvalue weighted by Crippen LogP contribution is -2.35. The second kappa shape index (κ2) is 11.7. The molecule has 0 radical (unpaired) electrons. The van der Waals surface area contributed by atoms with Crippen LogP contribution >= 0.6 is 0 Å². The van der Waals surface area contributed by atoms with Crippen LogP contribution < -0.4 is 9.47 Å². The highest BCUT2D eigenvalue weighted by Gasteiger charge is 2.39. The topological polar surface area (TPSA) is 35.5 Å². The summed E-state index contributed by atoms with van der Waals surface area (Å²) in [6.07, 6.45) is 18.2. The minimum Gasteiger partial charge on any atom is -0.497 e. The standard InChI is InChI=1S/C29H43FO3/c1-3-4-5-6-20-7-8-25-18-24(14-13-23(25)17-20)21-9-11-22(12-10-21)29(31)33-28-16-15-26(32-2)19-27(28)30/h15-16,19-25H,3-14,17-18H2,1-2H3. The predicted molar refractivity (Wildman–Crippen MR) is 130 cm³/mol. The molecule has 0 heterocycles. The van der Waals surface area contributed by atoms with E-state index in [9.17, 15) is 9.18 Å². The normalized spacial score (nSPS) is 32.1. The SMILES string of the molecule is CCCCCC1CCC2CC(C3CCC(C(=O)Oc4ccc(OC)cc4F)CC3)CCC2C1. The molecule has 1 aromatic rings. The Morgan fingerprint density at radius 2 is 1.58 bits per heavy atom. The van der Waals surface area contributed by atoms with Crippen molar-refractivity contribution in [3.8, 4) is 11.5 Å². The van der Waals surface area contributed by atoms with Crippen molar-refractivity contribution in [1.29, 1.82) is 0 Å². The number of esters is 1. The molecule has 3 aliphatic carbocycles. The van der Waals surface area contributed by atoms with E-state index in [0.717, 1.165) is 55.3 Å². The molecule has 0 amide bonds. The van der Waals surface area contributed by atoms with E-state index in [1.807, 2.05) is 0 Å². The molecular formula is C29H43FO3. The number of unbranched alkanes of at least 4 members (excludes halogenated alkanes) is 2. The number of rotatable bonds is 8. The van der Waals surface area contributed by atoms with Crippen molar-refractivity contribution in [1.82, 2.24) is 0 Å². The molecule has 3 aliphatic rings. The maximum Gasteiger partial charge on any atom is 0.314 e. The van der Waals surface area contributed by atoms with Gasteiger partial charge in [0.05, 0.1) is 13.0 Å². The third kappa shape index (κ3) is 6.31. The summed E-state index contributed by atoms with van der Waals surface area (Å²) >= 11 is 0. The van der Waals surface area contributed by atoms with Gasteiger partial charge in [-0.2, -0.15) is 0 Å². The molecule has 0 bridgehead atoms. The van der Waals surface area contributed by atoms with Crippen LogP contribution in [0.3, 0.4) is 0 Å². The van der Waals surface area contributed by atoms with Crippen LogP contribution in [0, 0.1) is 41.3 Å². The highest BCUT2D eigenvalue weighted by molar-refractivity contribution is 5.75. The maximum absolute atomic E-state index is 14.1. The Kier molecular flexibility index (Phi) is 8.71. The molecule has 4 heteroatoms. The Bertz CT molecular complexity index is 770. The number of hydrogen-bond donors (Lipinski definition) is 0. The first-order valence-corrected chi connectivity index (χ1v) is 13.6. The summed E-state index contributed by atoms with van der Waals surface area (Å²) in [6.45, 7) is 2.30. The molecule has 0 spiro atoms. The number of methoxy groups -OCH3 is 1. The van der Waals surface area contributed by atoms with Crippen molar-refractivity contribution in [3.63, 3.8) is 0 Å². The van der Waals surface area contributed by atoms with Crippen molar-refractivity contribution in [3.05, 3.63) is 24.0 Å². The fourth-order valence-electron chi connectivity index (χ4n) is 7.11. The molecule has 184 valence electrons. The smallest absolute Gasteiger partial charge is 0.314 e. The summed E-state index contributed by atoms with van der Waals surface area (Å²) in [5.41, 5.74) is 0. The third-order valence-corrected chi connectivity index (χ3v) is 9.10. The molecule has 0 N–H and O–H groups in total. The zero-order valence-corrected chi connectivity index (χ0v) is 20.7. The van der Waals surface area contributed by atoms with E-state index in [2.05, 4.69) is 6.92 Å². The number of hydrogen-bond acceptors (Lipinski definition) is 3. The summed E-state index contributed by atoms with van der Waals surface area (Å²) in [5.74, 6) is 4.03. The summed E-state index contributed by atoms with van der Waals surface area (Å²) in [4.78, 5) is 12.6. The quantitative estimate of drug-likeness (QED) is 0.225. The first-order valence-electron chi connectivity index (χ1n) is 13.6. The van der Waals surface area contributed by atoms with Crippen molar-refractivity contribution in [2.75, 3.05) is 7.11 Å². The molecule has 0 aromatic heterocycles. The highest BCUT2D eigenvalue weighted by atomic mass is 19.1. The third-order valence-electron chi connectivity index (χ3n) is 9.10. The number of ether oxygens (including phenoxy) is 2. The van der Waals surface area contributed by atoms with Gasteiger partial charge in [0.2, 0.25) is 0 Å². The van der Waals surface area contributed by atoms with Gasteiger partial charge in [-0.05, 0) is 99.5 Å². The molecule has 0 aliphatic heterocycles. The number of carbonyl (C=O) groups excluding carboxylic acids is 1. The van der Waals surface area contributed by atoms with Crippen LogP contribution in [0.2, 0.25) is 0 Å². The van der Waals surface area contributed by atoms with Crippen LogP contribution in [0.1, 0.15) is 96.8 Å². The van der Waals surface area contributed by atoms with Crippen LogP contribution in [-0.2, 0) is 4.79 Å². The second-order valence-corrected chi connectivity index (χ2v) is 11.1. The van der Waals surface area contributed by atoms with Crippen molar-refractivity contribution < 1.29 is 18.7 Å². The van der Waals surface area contributed by atoms with E-state index in [4.69, 9.17) is 9.47 Å². The lowest BCUT2D eigenvalue weighted by molar-refractivity contribution is -0.140. The lowest BCUT2D eigenvalue weighted by atomic mass is 9.60. The van der Waals surface area contributed by atoms with Gasteiger partial charge in [0, 0.05) is 6.07 Å². The molecule has 0 saturated heterocycles. The van der Waals surface area contributed by atoms with Gasteiger partial charge in [-0.15, -0.1) is 0 Å². The van der Waals surface area contributed by atoms with E-state index >= 15 is 0 Å². The van der Waals surface area contributed by atoms with Gasteiger partial charge in [0.15, 0.2) is 11.6 Å². The minimum absolute atomic E-state index is 0.00606. The first kappa shape index (κ1) is 24.5. The predicted octanol–water partition coefficient (Wildman–Crippen LogP) is 7.96. The zero-order valence-electron chi connectivity index (χ0n) is 20.7. The van der Waals surface area contributed by atoms with Crippen LogP contribution in [-0.4, -0.2) is 13.1 Å². The van der Waals surface area contributed by atoms with Gasteiger partial charge < -0.3 is 9.47 Å². The fraction of sp³-hybridized carbons (Fsp3) is 0.759. The number of benzene rings is 1. The fourth-order valence-corrected chi connectivity index (χ4v) is 7.11. The Labute approximate surface area is 199 Å². The molecule has 33 heavy (non-hydrogen) atoms. The zero-order chi connectivity index (χ0) is 23.2. The summed E-state index contributed by atoms with van der Waals surface area (Å²) in [6, 6.07) is 4.36. The summed E-state index contributed by atoms with van der Waals surface area (Å²) < 4.78 is 24.6. The monoisotopic (exact) mass is 458 g/mol. The van der Waals surface area contributed by atoms with E-state index in [1.165, 1.54) is 83.5 Å². The van der Waals surface area contributed by atoms with E-state index in [1.54, 1.807) is 6.07 Å². The molecule has 3 nitrogen and oxygen atoms in total. The maximum atomic E-state index is 14.1. The molecule has 3 saturated carbocycles. The Morgan fingerprint density at radius 3 is 2.27 bits per heavy atom. The molecule has 4 unspecified atom stereocenters. The molecule has 3 fully saturated rings. The van der Waals surface area contributed by atoms with Gasteiger partial charge in [-0.1, -0.05) is 39.0 Å². The molecule has 4 atom stereocenters. The van der Waals surface area contributed by atoms with E-state index < -0.39 is 5.82 Å². The summed E-state index contributed by atoms with van der Waals surface area (Å²) in [5, 5.41) is 0. The Balaban J connectivity index is 1.21. The molecule has 4 rings (SSSR count). The van der Waals surface area contributed by atoms with Gasteiger partial charge >= 0.3 is 5.97 Å². The average molecular weight is 459 g/mol. The van der Waals surface area contributed by atoms with Gasteiger partial charge in [0.25, 0.3) is 0 Å². The minimum atomic E-state index is -0.548. The highest BCUT2D eigenvalue weighted by Crippen LogP contribution is 2.49. The lowest BCUT2D eigenvalue weighted by Gasteiger charge is -2.45. The average Bonchev–Trinajstić information content (AvgIpc) is 2.85.